The Balaban J connectivity index is 0.00000154. The molecule has 0 saturated heterocycles. The van der Waals surface area contributed by atoms with E-state index in [1.54, 1.807) is 0 Å². The molecule has 112 valence electrons. The van der Waals surface area contributed by atoms with Crippen LogP contribution in [0.1, 0.15) is 67.2 Å². The highest BCUT2D eigenvalue weighted by Crippen LogP contribution is 2.30. The Morgan fingerprint density at radius 2 is 1.58 bits per heavy atom. The SMILES string of the molecule is CC.CC(=O)C(NC(=O)C1(O)CCCC1)C(C)(C)C. The Hall–Kier alpha value is -0.900. The number of nitrogens with one attached hydrogen (secondary N) is 1. The molecule has 1 rings (SSSR count). The Labute approximate surface area is 117 Å². The van der Waals surface area contributed by atoms with Crippen LogP contribution in [0.3, 0.4) is 0 Å². The molecule has 0 aromatic heterocycles. The van der Waals surface area contributed by atoms with Gasteiger partial charge in [0.05, 0.1) is 6.04 Å². The van der Waals surface area contributed by atoms with Gasteiger partial charge in [-0.3, -0.25) is 9.59 Å². The minimum absolute atomic E-state index is 0.0764. The van der Waals surface area contributed by atoms with E-state index in [-0.39, 0.29) is 11.2 Å². The largest absolute Gasteiger partial charge is 0.380 e. The average Bonchev–Trinajstić information content (AvgIpc) is 2.74. The maximum absolute atomic E-state index is 12.0. The first-order chi connectivity index (χ1) is 8.67. The summed E-state index contributed by atoms with van der Waals surface area (Å²) in [6.45, 7) is 11.2. The van der Waals surface area contributed by atoms with Crippen LogP contribution >= 0.6 is 0 Å². The molecule has 0 aromatic rings. The molecule has 0 spiro atoms. The Kier molecular flexibility index (Phi) is 6.70. The number of carbonyl (C=O) groups excluding carboxylic acids is 2. The van der Waals surface area contributed by atoms with E-state index in [0.29, 0.717) is 12.8 Å². The summed E-state index contributed by atoms with van der Waals surface area (Å²) >= 11 is 0. The number of aliphatic hydroxyl groups is 1. The topological polar surface area (TPSA) is 66.4 Å². The van der Waals surface area contributed by atoms with Gasteiger partial charge in [0, 0.05) is 0 Å². The third-order valence-corrected chi connectivity index (χ3v) is 3.40. The summed E-state index contributed by atoms with van der Waals surface area (Å²) in [4.78, 5) is 23.6. The minimum Gasteiger partial charge on any atom is -0.380 e. The van der Waals surface area contributed by atoms with Crippen molar-refractivity contribution in [2.75, 3.05) is 0 Å². The fourth-order valence-electron chi connectivity index (χ4n) is 2.38. The number of carbonyl (C=O) groups is 2. The van der Waals surface area contributed by atoms with Gasteiger partial charge in [0.15, 0.2) is 5.78 Å². The van der Waals surface area contributed by atoms with Crippen LogP contribution < -0.4 is 5.32 Å². The second-order valence-corrected chi connectivity index (χ2v) is 6.12. The lowest BCUT2D eigenvalue weighted by molar-refractivity contribution is -0.143. The molecule has 4 nitrogen and oxygen atoms in total. The summed E-state index contributed by atoms with van der Waals surface area (Å²) < 4.78 is 0. The number of hydrogen-bond acceptors (Lipinski definition) is 3. The summed E-state index contributed by atoms with van der Waals surface area (Å²) in [7, 11) is 0. The van der Waals surface area contributed by atoms with Crippen molar-refractivity contribution in [3.05, 3.63) is 0 Å². The normalized spacial score (nSPS) is 19.1. The summed E-state index contributed by atoms with van der Waals surface area (Å²) in [5, 5.41) is 12.8. The van der Waals surface area contributed by atoms with Crippen LogP contribution in [0.4, 0.5) is 0 Å². The molecule has 1 aliphatic carbocycles. The van der Waals surface area contributed by atoms with Crippen LogP contribution in [0.2, 0.25) is 0 Å². The lowest BCUT2D eigenvalue weighted by atomic mass is 9.84. The van der Waals surface area contributed by atoms with E-state index in [1.165, 1.54) is 6.92 Å². The highest BCUT2D eigenvalue weighted by molar-refractivity contribution is 5.91. The van der Waals surface area contributed by atoms with Gasteiger partial charge in [-0.1, -0.05) is 34.6 Å². The first kappa shape index (κ1) is 18.1. The van der Waals surface area contributed by atoms with Gasteiger partial charge < -0.3 is 10.4 Å². The van der Waals surface area contributed by atoms with Crippen molar-refractivity contribution in [3.63, 3.8) is 0 Å². The monoisotopic (exact) mass is 271 g/mol. The molecule has 4 heteroatoms. The van der Waals surface area contributed by atoms with Crippen molar-refractivity contribution >= 4 is 11.7 Å². The van der Waals surface area contributed by atoms with Gasteiger partial charge in [-0.05, 0) is 38.0 Å². The second-order valence-electron chi connectivity index (χ2n) is 6.12. The van der Waals surface area contributed by atoms with E-state index < -0.39 is 17.6 Å². The molecule has 1 aliphatic rings. The summed E-state index contributed by atoms with van der Waals surface area (Å²) in [6, 6.07) is -0.542. The van der Waals surface area contributed by atoms with Gasteiger partial charge in [0.25, 0.3) is 5.91 Å². The van der Waals surface area contributed by atoms with Crippen molar-refractivity contribution in [2.45, 2.75) is 78.9 Å². The van der Waals surface area contributed by atoms with Crippen LogP contribution in [0.25, 0.3) is 0 Å². The maximum atomic E-state index is 12.0. The molecule has 0 aromatic carbocycles. The summed E-state index contributed by atoms with van der Waals surface area (Å²) in [6.07, 6.45) is 2.72. The average molecular weight is 271 g/mol. The predicted molar refractivity (Wildman–Crippen MR) is 76.8 cm³/mol. The molecule has 1 amide bonds. The summed E-state index contributed by atoms with van der Waals surface area (Å²) in [5.74, 6) is -0.474. The van der Waals surface area contributed by atoms with Crippen molar-refractivity contribution in [2.24, 2.45) is 5.41 Å². The van der Waals surface area contributed by atoms with Crippen LogP contribution in [0.5, 0.6) is 0 Å². The Morgan fingerprint density at radius 3 is 1.89 bits per heavy atom. The molecular weight excluding hydrogens is 242 g/mol. The molecule has 2 N–H and O–H groups in total. The first-order valence-electron chi connectivity index (χ1n) is 7.20. The van der Waals surface area contributed by atoms with E-state index in [9.17, 15) is 14.7 Å². The predicted octanol–water partition coefficient (Wildman–Crippen LogP) is 2.44. The maximum Gasteiger partial charge on any atom is 0.252 e. The molecule has 0 bridgehead atoms. The third-order valence-electron chi connectivity index (χ3n) is 3.40. The standard InChI is InChI=1S/C13H23NO3.C2H6/c1-9(15)10(12(2,3)4)14-11(16)13(17)7-5-6-8-13;1-2/h10,17H,5-8H2,1-4H3,(H,14,16);1-2H3. The lowest BCUT2D eigenvalue weighted by Gasteiger charge is -2.32. The quantitative estimate of drug-likeness (QED) is 0.828. The first-order valence-corrected chi connectivity index (χ1v) is 7.20. The Morgan fingerprint density at radius 1 is 1.16 bits per heavy atom. The molecular formula is C15H29NO3. The van der Waals surface area contributed by atoms with Gasteiger partial charge in [-0.25, -0.2) is 0 Å². The van der Waals surface area contributed by atoms with E-state index in [4.69, 9.17) is 0 Å². The van der Waals surface area contributed by atoms with Gasteiger partial charge >= 0.3 is 0 Å². The number of Topliss-reactive ketones (excluding diaryl/α,β-unsaturated/α-hetero) is 1. The van der Waals surface area contributed by atoms with Crippen molar-refractivity contribution in [1.29, 1.82) is 0 Å². The van der Waals surface area contributed by atoms with E-state index >= 15 is 0 Å². The van der Waals surface area contributed by atoms with Gasteiger partial charge in [0.2, 0.25) is 0 Å². The van der Waals surface area contributed by atoms with E-state index in [2.05, 4.69) is 5.32 Å². The summed E-state index contributed by atoms with van der Waals surface area (Å²) in [5.41, 5.74) is -1.60. The van der Waals surface area contributed by atoms with Crippen LogP contribution in [-0.4, -0.2) is 28.4 Å². The van der Waals surface area contributed by atoms with Crippen molar-refractivity contribution in [3.8, 4) is 0 Å². The van der Waals surface area contributed by atoms with Crippen LogP contribution in [0, 0.1) is 5.41 Å². The lowest BCUT2D eigenvalue weighted by Crippen LogP contribution is -2.55. The number of amides is 1. The smallest absolute Gasteiger partial charge is 0.252 e. The van der Waals surface area contributed by atoms with Crippen molar-refractivity contribution in [1.82, 2.24) is 5.32 Å². The molecule has 1 atom stereocenters. The molecule has 0 heterocycles. The van der Waals surface area contributed by atoms with E-state index in [1.807, 2.05) is 34.6 Å². The zero-order valence-corrected chi connectivity index (χ0v) is 13.2. The van der Waals surface area contributed by atoms with Crippen molar-refractivity contribution < 1.29 is 14.7 Å². The molecule has 1 saturated carbocycles. The van der Waals surface area contributed by atoms with E-state index in [0.717, 1.165) is 12.8 Å². The molecule has 19 heavy (non-hydrogen) atoms. The van der Waals surface area contributed by atoms with Crippen LogP contribution in [-0.2, 0) is 9.59 Å². The molecule has 0 aliphatic heterocycles. The Bertz CT molecular complexity index is 312. The second kappa shape index (κ2) is 7.04. The van der Waals surface area contributed by atoms with Gasteiger partial charge in [0.1, 0.15) is 5.60 Å². The highest BCUT2D eigenvalue weighted by Gasteiger charge is 2.41. The minimum atomic E-state index is -1.26. The zero-order valence-electron chi connectivity index (χ0n) is 13.2. The molecule has 1 unspecified atom stereocenters. The number of ketones is 1. The van der Waals surface area contributed by atoms with Crippen LogP contribution in [0.15, 0.2) is 0 Å². The van der Waals surface area contributed by atoms with Gasteiger partial charge in [-0.2, -0.15) is 0 Å². The molecule has 0 radical (unpaired) electrons. The number of hydrogen-bond donors (Lipinski definition) is 2. The third kappa shape index (κ3) is 4.94. The van der Waals surface area contributed by atoms with Gasteiger partial charge in [-0.15, -0.1) is 0 Å². The number of rotatable bonds is 3. The fourth-order valence-corrected chi connectivity index (χ4v) is 2.38. The highest BCUT2D eigenvalue weighted by atomic mass is 16.3. The zero-order chi connectivity index (χ0) is 15.3. The molecule has 1 fully saturated rings. The fraction of sp³-hybridized carbons (Fsp3) is 0.867.